The number of hydrogen-bond donors (Lipinski definition) is 4. The largest absolute Gasteiger partial charge is 0.472 e. The Hall–Kier alpha value is -5.61. The summed E-state index contributed by atoms with van der Waals surface area (Å²) in [6.45, 7) is 2.28. The SMILES string of the molecule is CC/C=C\C/C=C\C/C=C\C/C=C\C/C=C\C/C=C\CCCCCCCCCCC(=O)OCC(O)COP(=O)(O)OCC(O)COP(=O)(O)OCC(COC(=O)CCCCCCCCCCCCC/C=C\C/C=C\C/C=C\C/C=C\C/C=C\CC)OC(=O)CCCCC/C=C\C/C=C\C/C=C\C/C=C\C/C=C\CC. The number of allylic oxidation sites excluding steroid dienone is 32. The van der Waals surface area contributed by atoms with E-state index in [1.165, 1.54) is 57.8 Å². The minimum Gasteiger partial charge on any atom is -0.463 e. The smallest absolute Gasteiger partial charge is 0.463 e. The molecule has 618 valence electrons. The summed E-state index contributed by atoms with van der Waals surface area (Å²) in [5.74, 6) is -1.63. The van der Waals surface area contributed by atoms with E-state index in [9.17, 15) is 43.5 Å². The molecule has 0 amide bonds. The minimum atomic E-state index is -4.95. The maximum atomic E-state index is 13.0. The molecule has 0 bridgehead atoms. The number of carbonyl (C=O) groups excluding carboxylic acids is 3. The van der Waals surface area contributed by atoms with Gasteiger partial charge in [-0.15, -0.1) is 0 Å². The van der Waals surface area contributed by atoms with Gasteiger partial charge >= 0.3 is 33.6 Å². The first-order chi connectivity index (χ1) is 53.2. The molecule has 0 heterocycles. The van der Waals surface area contributed by atoms with Crippen molar-refractivity contribution in [2.24, 2.45) is 0 Å². The van der Waals surface area contributed by atoms with E-state index in [0.717, 1.165) is 186 Å². The normalized spacial score (nSPS) is 14.9. The van der Waals surface area contributed by atoms with Crippen molar-refractivity contribution in [2.75, 3.05) is 39.6 Å². The van der Waals surface area contributed by atoms with Gasteiger partial charge in [-0.25, -0.2) is 9.13 Å². The molecule has 0 fully saturated rings. The maximum Gasteiger partial charge on any atom is 0.472 e. The Bertz CT molecular complexity index is 2760. The highest BCUT2D eigenvalue weighted by atomic mass is 31.2. The lowest BCUT2D eigenvalue weighted by Crippen LogP contribution is -2.30. The van der Waals surface area contributed by atoms with E-state index in [4.69, 9.17) is 32.3 Å². The van der Waals surface area contributed by atoms with Gasteiger partial charge in [-0.3, -0.25) is 32.5 Å². The number of phosphoric ester groups is 2. The van der Waals surface area contributed by atoms with Crippen LogP contribution >= 0.6 is 15.6 Å². The Labute approximate surface area is 661 Å². The second-order valence-electron chi connectivity index (χ2n) is 27.1. The van der Waals surface area contributed by atoms with Gasteiger partial charge in [0.25, 0.3) is 0 Å². The van der Waals surface area contributed by atoms with E-state index in [1.807, 2.05) is 0 Å². The number of rotatable bonds is 77. The van der Waals surface area contributed by atoms with Crippen molar-refractivity contribution in [2.45, 2.75) is 322 Å². The van der Waals surface area contributed by atoms with E-state index in [2.05, 4.69) is 215 Å². The van der Waals surface area contributed by atoms with Crippen LogP contribution in [0.15, 0.2) is 194 Å². The van der Waals surface area contributed by atoms with Crippen LogP contribution in [-0.2, 0) is 55.8 Å². The van der Waals surface area contributed by atoms with Gasteiger partial charge in [0.2, 0.25) is 0 Å². The van der Waals surface area contributed by atoms with Crippen LogP contribution in [0.25, 0.3) is 0 Å². The Morgan fingerprint density at radius 2 is 0.459 bits per heavy atom. The van der Waals surface area contributed by atoms with Gasteiger partial charge in [-0.1, -0.05) is 318 Å². The molecule has 5 atom stereocenters. The minimum absolute atomic E-state index is 0.0577. The number of aliphatic hydroxyl groups is 2. The van der Waals surface area contributed by atoms with Crippen molar-refractivity contribution < 1.29 is 75.8 Å². The van der Waals surface area contributed by atoms with E-state index in [-0.39, 0.29) is 19.3 Å². The van der Waals surface area contributed by atoms with E-state index < -0.39 is 91.5 Å². The molecule has 0 saturated heterocycles. The summed E-state index contributed by atoms with van der Waals surface area (Å²) in [4.78, 5) is 58.8. The lowest BCUT2D eigenvalue weighted by atomic mass is 10.0. The summed E-state index contributed by atoms with van der Waals surface area (Å²) in [5.41, 5.74) is 0. The van der Waals surface area contributed by atoms with Gasteiger partial charge in [0.05, 0.1) is 26.4 Å². The van der Waals surface area contributed by atoms with Crippen molar-refractivity contribution in [3.63, 3.8) is 0 Å². The van der Waals surface area contributed by atoms with Crippen molar-refractivity contribution in [1.29, 1.82) is 0 Å². The van der Waals surface area contributed by atoms with Crippen molar-refractivity contribution >= 4 is 33.6 Å². The molecule has 0 saturated carbocycles. The van der Waals surface area contributed by atoms with E-state index >= 15 is 0 Å². The van der Waals surface area contributed by atoms with Gasteiger partial charge in [-0.2, -0.15) is 0 Å². The summed E-state index contributed by atoms with van der Waals surface area (Å²) >= 11 is 0. The molecule has 18 heteroatoms. The summed E-state index contributed by atoms with van der Waals surface area (Å²) in [6.07, 6.45) is 108. The zero-order valence-corrected chi connectivity index (χ0v) is 69.4. The molecule has 0 aliphatic carbocycles. The number of phosphoric acid groups is 2. The maximum absolute atomic E-state index is 13.0. The van der Waals surface area contributed by atoms with Crippen LogP contribution in [0.4, 0.5) is 0 Å². The Morgan fingerprint density at radius 1 is 0.257 bits per heavy atom. The molecule has 109 heavy (non-hydrogen) atoms. The standard InChI is InChI=1S/C91H148O16P2/c1-4-7-10-13-16-19-22-25-28-31-34-36-38-40-42-44-46-48-51-53-56-59-62-65-68-71-74-77-89(94)101-80-86(92)81-103-108(97,98)104-82-87(93)83-105-109(99,100)106-85-88(107-91(96)79-76-73-70-67-64-61-58-55-50-33-30-27-24-21-18-15-12-9-6-3)84-102-90(95)78-75-72-69-66-63-60-57-54-52-49-47-45-43-41-39-37-35-32-29-26-23-20-17-14-11-8-5-2/h7-12,16-21,25-30,34-37,40-43,46,48,50,55,61,64,86-88,92-93H,4-6,13-15,22-24,31-33,38-39,44-45,47,49,51-54,56-60,62-63,65-85H2,1-3H3,(H,97,98)(H,99,100)/b10-7-,11-8-,12-9-,19-16-,20-17-,21-18-,28-25-,29-26-,30-27-,36-34-,37-35-,42-40-,43-41-,48-46-,55-50-,64-61-. The highest BCUT2D eigenvalue weighted by Gasteiger charge is 2.29. The molecule has 4 N–H and O–H groups in total. The number of hydrogen-bond acceptors (Lipinski definition) is 14. The number of unbranched alkanes of at least 4 members (excludes halogenated alkanes) is 22. The van der Waals surface area contributed by atoms with Crippen LogP contribution in [0.2, 0.25) is 0 Å². The number of esters is 3. The topological polar surface area (TPSA) is 231 Å². The van der Waals surface area contributed by atoms with E-state index in [1.54, 1.807) is 0 Å². The lowest BCUT2D eigenvalue weighted by Gasteiger charge is -2.21. The fraction of sp³-hybridized carbons (Fsp3) is 0.615. The predicted molar refractivity (Wildman–Crippen MR) is 454 cm³/mol. The van der Waals surface area contributed by atoms with Crippen LogP contribution in [0.1, 0.15) is 303 Å². The molecule has 0 aromatic heterocycles. The van der Waals surface area contributed by atoms with Gasteiger partial charge in [0.15, 0.2) is 6.10 Å². The molecule has 5 unspecified atom stereocenters. The molecular formula is C91H148O16P2. The second-order valence-corrected chi connectivity index (χ2v) is 30.0. The molecule has 0 radical (unpaired) electrons. The third-order valence-electron chi connectivity index (χ3n) is 16.8. The third kappa shape index (κ3) is 83.2. The predicted octanol–water partition coefficient (Wildman–Crippen LogP) is 25.1. The summed E-state index contributed by atoms with van der Waals surface area (Å²) in [5, 5.41) is 20.7. The molecule has 0 aliphatic rings. The molecule has 0 aromatic carbocycles. The van der Waals surface area contributed by atoms with Crippen LogP contribution in [0.5, 0.6) is 0 Å². The fourth-order valence-electron chi connectivity index (χ4n) is 10.6. The molecule has 0 rings (SSSR count). The number of carbonyl (C=O) groups is 3. The van der Waals surface area contributed by atoms with Crippen molar-refractivity contribution in [1.82, 2.24) is 0 Å². The first-order valence-corrected chi connectivity index (χ1v) is 44.7. The van der Waals surface area contributed by atoms with Gasteiger partial charge in [0, 0.05) is 19.3 Å². The van der Waals surface area contributed by atoms with Crippen LogP contribution in [0.3, 0.4) is 0 Å². The summed E-state index contributed by atoms with van der Waals surface area (Å²) in [7, 11) is -9.83. The first kappa shape index (κ1) is 103. The quantitative estimate of drug-likeness (QED) is 0.0146. The lowest BCUT2D eigenvalue weighted by molar-refractivity contribution is -0.161. The Balaban J connectivity index is 4.68. The molecular weight excluding hydrogens is 1410 g/mol. The summed E-state index contributed by atoms with van der Waals surface area (Å²) < 4.78 is 61.3. The summed E-state index contributed by atoms with van der Waals surface area (Å²) in [6, 6.07) is 0. The average Bonchev–Trinajstić information content (AvgIpc) is 0.947. The van der Waals surface area contributed by atoms with Gasteiger partial charge in [0.1, 0.15) is 25.4 Å². The highest BCUT2D eigenvalue weighted by molar-refractivity contribution is 7.47. The zero-order chi connectivity index (χ0) is 79.4. The van der Waals surface area contributed by atoms with Crippen LogP contribution in [-0.4, -0.2) is 95.9 Å². The Kier molecular flexibility index (Phi) is 77.7. The van der Waals surface area contributed by atoms with E-state index in [0.29, 0.717) is 19.3 Å². The zero-order valence-electron chi connectivity index (χ0n) is 67.6. The van der Waals surface area contributed by atoms with Gasteiger partial charge in [-0.05, 0) is 161 Å². The number of aliphatic hydroxyl groups excluding tert-OH is 2. The monoisotopic (exact) mass is 1560 g/mol. The van der Waals surface area contributed by atoms with Crippen molar-refractivity contribution in [3.05, 3.63) is 194 Å². The average molecular weight is 1560 g/mol. The first-order valence-electron chi connectivity index (χ1n) is 41.7. The van der Waals surface area contributed by atoms with Crippen LogP contribution in [0, 0.1) is 0 Å². The molecule has 0 spiro atoms. The Morgan fingerprint density at radius 3 is 0.734 bits per heavy atom. The molecule has 0 aromatic rings. The third-order valence-corrected chi connectivity index (χ3v) is 18.7. The van der Waals surface area contributed by atoms with Crippen molar-refractivity contribution in [3.8, 4) is 0 Å². The molecule has 0 aliphatic heterocycles. The van der Waals surface area contributed by atoms with Gasteiger partial charge < -0.3 is 34.2 Å². The highest BCUT2D eigenvalue weighted by Crippen LogP contribution is 2.45. The molecule has 16 nitrogen and oxygen atoms in total. The fourth-order valence-corrected chi connectivity index (χ4v) is 12.2. The van der Waals surface area contributed by atoms with Crippen LogP contribution < -0.4 is 0 Å². The number of ether oxygens (including phenoxy) is 3. The second kappa shape index (κ2) is 81.9.